The topological polar surface area (TPSA) is 24.5 Å². The van der Waals surface area contributed by atoms with Gasteiger partial charge in [0.2, 0.25) is 0 Å². The first-order chi connectivity index (χ1) is 9.24. The number of likely N-dealkylation sites (tertiary alicyclic amines) is 1. The second-order valence-electron chi connectivity index (χ2n) is 5.94. The van der Waals surface area contributed by atoms with Crippen LogP contribution in [-0.2, 0) is 0 Å². The highest BCUT2D eigenvalue weighted by molar-refractivity contribution is 5.57. The Bertz CT molecular complexity index is 425. The van der Waals surface area contributed by atoms with Gasteiger partial charge in [-0.15, -0.1) is 0 Å². The highest BCUT2D eigenvalue weighted by atomic mass is 16.5. The largest absolute Gasteiger partial charge is 0.485 e. The number of rotatable bonds is 2. The first-order valence-electron chi connectivity index (χ1n) is 7.49. The molecule has 2 aliphatic rings. The SMILES string of the molecule is C[C@@H]1CCC[C@H](C)N1CC1CNc2ccccc2O1. The molecule has 1 aromatic carbocycles. The van der Waals surface area contributed by atoms with E-state index in [1.165, 1.54) is 19.3 Å². The van der Waals surface area contributed by atoms with Crippen molar-refractivity contribution in [1.29, 1.82) is 0 Å². The third-order valence-corrected chi connectivity index (χ3v) is 4.49. The van der Waals surface area contributed by atoms with Crippen LogP contribution in [0.2, 0.25) is 0 Å². The van der Waals surface area contributed by atoms with E-state index < -0.39 is 0 Å². The van der Waals surface area contributed by atoms with E-state index in [2.05, 4.69) is 36.2 Å². The number of piperidine rings is 1. The summed E-state index contributed by atoms with van der Waals surface area (Å²) in [5, 5.41) is 3.48. The van der Waals surface area contributed by atoms with Crippen LogP contribution in [0, 0.1) is 0 Å². The number of para-hydroxylation sites is 2. The maximum Gasteiger partial charge on any atom is 0.142 e. The quantitative estimate of drug-likeness (QED) is 0.884. The zero-order valence-electron chi connectivity index (χ0n) is 11.9. The minimum absolute atomic E-state index is 0.262. The Morgan fingerprint density at radius 1 is 1.21 bits per heavy atom. The van der Waals surface area contributed by atoms with Crippen LogP contribution in [0.5, 0.6) is 5.75 Å². The number of anilines is 1. The first kappa shape index (κ1) is 12.8. The third-order valence-electron chi connectivity index (χ3n) is 4.49. The molecule has 0 aromatic heterocycles. The normalized spacial score (nSPS) is 31.2. The van der Waals surface area contributed by atoms with Gasteiger partial charge in [-0.3, -0.25) is 4.90 Å². The number of nitrogens with zero attached hydrogens (tertiary/aromatic N) is 1. The molecule has 0 saturated carbocycles. The smallest absolute Gasteiger partial charge is 0.142 e. The van der Waals surface area contributed by atoms with E-state index in [4.69, 9.17) is 4.74 Å². The number of benzene rings is 1. The van der Waals surface area contributed by atoms with Crippen molar-refractivity contribution in [3.8, 4) is 5.75 Å². The Morgan fingerprint density at radius 2 is 1.95 bits per heavy atom. The molecule has 1 unspecified atom stereocenters. The number of hydrogen-bond donors (Lipinski definition) is 1. The van der Waals surface area contributed by atoms with E-state index in [0.29, 0.717) is 12.1 Å². The molecule has 2 aliphatic heterocycles. The summed E-state index contributed by atoms with van der Waals surface area (Å²) in [6, 6.07) is 9.59. The fraction of sp³-hybridized carbons (Fsp3) is 0.625. The van der Waals surface area contributed by atoms with Gasteiger partial charge in [-0.25, -0.2) is 0 Å². The molecule has 0 bridgehead atoms. The molecule has 0 amide bonds. The average molecular weight is 260 g/mol. The van der Waals surface area contributed by atoms with E-state index in [9.17, 15) is 0 Å². The highest BCUT2D eigenvalue weighted by Gasteiger charge is 2.29. The van der Waals surface area contributed by atoms with E-state index >= 15 is 0 Å². The van der Waals surface area contributed by atoms with Crippen LogP contribution in [-0.4, -0.2) is 36.2 Å². The number of fused-ring (bicyclic) bond motifs is 1. The van der Waals surface area contributed by atoms with Crippen LogP contribution < -0.4 is 10.1 Å². The molecule has 2 heterocycles. The summed E-state index contributed by atoms with van der Waals surface area (Å²) in [4.78, 5) is 2.61. The standard InChI is InChI=1S/C16H24N2O/c1-12-6-5-7-13(2)18(12)11-14-10-17-15-8-3-4-9-16(15)19-14/h3-4,8-9,12-14,17H,5-7,10-11H2,1-2H3/t12-,13+,14?. The summed E-state index contributed by atoms with van der Waals surface area (Å²) in [6.07, 6.45) is 4.27. The molecule has 1 saturated heterocycles. The lowest BCUT2D eigenvalue weighted by atomic mass is 9.97. The average Bonchev–Trinajstić information content (AvgIpc) is 2.43. The molecule has 3 atom stereocenters. The van der Waals surface area contributed by atoms with Gasteiger partial charge in [-0.05, 0) is 38.8 Å². The molecular formula is C16H24N2O. The lowest BCUT2D eigenvalue weighted by Crippen LogP contribution is -2.50. The van der Waals surface area contributed by atoms with Gasteiger partial charge in [0.15, 0.2) is 0 Å². The van der Waals surface area contributed by atoms with Gasteiger partial charge in [0.25, 0.3) is 0 Å². The molecule has 3 rings (SSSR count). The van der Waals surface area contributed by atoms with Crippen molar-refractivity contribution in [3.63, 3.8) is 0 Å². The van der Waals surface area contributed by atoms with Gasteiger partial charge in [0.05, 0.1) is 12.2 Å². The van der Waals surface area contributed by atoms with Gasteiger partial charge < -0.3 is 10.1 Å². The predicted octanol–water partition coefficient (Wildman–Crippen LogP) is 3.12. The van der Waals surface area contributed by atoms with Crippen LogP contribution in [0.3, 0.4) is 0 Å². The second kappa shape index (κ2) is 5.41. The fourth-order valence-electron chi connectivity index (χ4n) is 3.33. The van der Waals surface area contributed by atoms with E-state index in [1.54, 1.807) is 0 Å². The van der Waals surface area contributed by atoms with E-state index in [1.807, 2.05) is 12.1 Å². The van der Waals surface area contributed by atoms with Crippen LogP contribution in [0.15, 0.2) is 24.3 Å². The predicted molar refractivity (Wildman–Crippen MR) is 78.8 cm³/mol. The van der Waals surface area contributed by atoms with Gasteiger partial charge in [0.1, 0.15) is 11.9 Å². The third kappa shape index (κ3) is 2.71. The molecule has 0 radical (unpaired) electrons. The van der Waals surface area contributed by atoms with Crippen molar-refractivity contribution < 1.29 is 4.74 Å². The van der Waals surface area contributed by atoms with E-state index in [-0.39, 0.29) is 6.10 Å². The molecular weight excluding hydrogens is 236 g/mol. The number of ether oxygens (including phenoxy) is 1. The molecule has 0 spiro atoms. The number of hydrogen-bond acceptors (Lipinski definition) is 3. The molecule has 1 N–H and O–H groups in total. The first-order valence-corrected chi connectivity index (χ1v) is 7.49. The molecule has 1 fully saturated rings. The second-order valence-corrected chi connectivity index (χ2v) is 5.94. The summed E-state index contributed by atoms with van der Waals surface area (Å²) < 4.78 is 6.13. The zero-order valence-corrected chi connectivity index (χ0v) is 11.9. The maximum absolute atomic E-state index is 6.13. The van der Waals surface area contributed by atoms with Gasteiger partial charge in [-0.2, -0.15) is 0 Å². The Labute approximate surface area is 115 Å². The van der Waals surface area contributed by atoms with Crippen molar-refractivity contribution in [2.45, 2.75) is 51.3 Å². The zero-order chi connectivity index (χ0) is 13.2. The van der Waals surface area contributed by atoms with Crippen LogP contribution >= 0.6 is 0 Å². The van der Waals surface area contributed by atoms with Crippen LogP contribution in [0.1, 0.15) is 33.1 Å². The Kier molecular flexibility index (Phi) is 3.65. The molecule has 3 nitrogen and oxygen atoms in total. The maximum atomic E-state index is 6.13. The van der Waals surface area contributed by atoms with Crippen molar-refractivity contribution in [2.24, 2.45) is 0 Å². The van der Waals surface area contributed by atoms with Crippen molar-refractivity contribution in [2.75, 3.05) is 18.4 Å². The Balaban J connectivity index is 1.65. The molecule has 1 aromatic rings. The van der Waals surface area contributed by atoms with Crippen molar-refractivity contribution in [3.05, 3.63) is 24.3 Å². The lowest BCUT2D eigenvalue weighted by Gasteiger charge is -2.41. The van der Waals surface area contributed by atoms with Crippen molar-refractivity contribution >= 4 is 5.69 Å². The molecule has 3 heteroatoms. The molecule has 0 aliphatic carbocycles. The minimum atomic E-state index is 0.262. The Morgan fingerprint density at radius 3 is 2.74 bits per heavy atom. The number of nitrogens with one attached hydrogen (secondary N) is 1. The summed E-state index contributed by atoms with van der Waals surface area (Å²) in [5.41, 5.74) is 1.12. The van der Waals surface area contributed by atoms with Gasteiger partial charge in [-0.1, -0.05) is 18.6 Å². The molecule has 104 valence electrons. The van der Waals surface area contributed by atoms with Crippen molar-refractivity contribution in [1.82, 2.24) is 4.90 Å². The van der Waals surface area contributed by atoms with Gasteiger partial charge >= 0.3 is 0 Å². The summed E-state index contributed by atoms with van der Waals surface area (Å²) in [5.74, 6) is 0.996. The monoisotopic (exact) mass is 260 g/mol. The lowest BCUT2D eigenvalue weighted by molar-refractivity contribution is 0.0540. The fourth-order valence-corrected chi connectivity index (χ4v) is 3.33. The summed E-state index contributed by atoms with van der Waals surface area (Å²) >= 11 is 0. The van der Waals surface area contributed by atoms with Gasteiger partial charge in [0, 0.05) is 18.6 Å². The minimum Gasteiger partial charge on any atom is -0.485 e. The highest BCUT2D eigenvalue weighted by Crippen LogP contribution is 2.30. The summed E-state index contributed by atoms with van der Waals surface area (Å²) in [6.45, 7) is 6.64. The summed E-state index contributed by atoms with van der Waals surface area (Å²) in [7, 11) is 0. The van der Waals surface area contributed by atoms with Crippen LogP contribution in [0.25, 0.3) is 0 Å². The van der Waals surface area contributed by atoms with Crippen LogP contribution in [0.4, 0.5) is 5.69 Å². The molecule has 19 heavy (non-hydrogen) atoms. The van der Waals surface area contributed by atoms with E-state index in [0.717, 1.165) is 24.5 Å². The Hall–Kier alpha value is -1.22.